The van der Waals surface area contributed by atoms with E-state index in [9.17, 15) is 4.79 Å². The summed E-state index contributed by atoms with van der Waals surface area (Å²) in [5.74, 6) is 1.95. The van der Waals surface area contributed by atoms with Crippen molar-refractivity contribution < 1.29 is 23.7 Å². The van der Waals surface area contributed by atoms with E-state index in [1.807, 2.05) is 48.8 Å². The molecule has 1 atom stereocenters. The number of thiazole rings is 1. The number of nitrogens with zero attached hydrogens (tertiary/aromatic N) is 5. The number of piperazine rings is 1. The van der Waals surface area contributed by atoms with Gasteiger partial charge >= 0.3 is 6.09 Å². The Kier molecular flexibility index (Phi) is 12.9. The molecule has 2 aromatic heterocycles. The van der Waals surface area contributed by atoms with E-state index in [0.29, 0.717) is 29.9 Å². The van der Waals surface area contributed by atoms with E-state index in [-0.39, 0.29) is 19.4 Å². The highest BCUT2D eigenvalue weighted by Crippen LogP contribution is 2.38. The number of primary amides is 1. The molecule has 2 fully saturated rings. The van der Waals surface area contributed by atoms with Crippen LogP contribution in [0.15, 0.2) is 78.3 Å². The zero-order chi connectivity index (χ0) is 38.9. The van der Waals surface area contributed by atoms with Gasteiger partial charge in [0.15, 0.2) is 12.6 Å². The van der Waals surface area contributed by atoms with Crippen LogP contribution in [-0.4, -0.2) is 78.9 Å². The van der Waals surface area contributed by atoms with E-state index < -0.39 is 6.09 Å². The van der Waals surface area contributed by atoms with E-state index >= 15 is 0 Å². The summed E-state index contributed by atoms with van der Waals surface area (Å²) < 4.78 is 22.4. The van der Waals surface area contributed by atoms with Gasteiger partial charge in [0.05, 0.1) is 34.4 Å². The summed E-state index contributed by atoms with van der Waals surface area (Å²) in [5, 5.41) is 12.3. The summed E-state index contributed by atoms with van der Waals surface area (Å²) in [6, 6.07) is 24.9. The van der Waals surface area contributed by atoms with Crippen LogP contribution in [0.25, 0.3) is 21.7 Å². The Morgan fingerprint density at radius 1 is 1.04 bits per heavy atom. The Morgan fingerprint density at radius 3 is 2.64 bits per heavy atom. The first-order chi connectivity index (χ1) is 27.4. The van der Waals surface area contributed by atoms with Crippen LogP contribution >= 0.6 is 11.3 Å². The number of carbonyl (C=O) groups excluding carboxylic acids is 1. The first-order valence-corrected chi connectivity index (χ1v) is 20.0. The van der Waals surface area contributed by atoms with Gasteiger partial charge in [-0.05, 0) is 80.1 Å². The molecule has 294 valence electrons. The van der Waals surface area contributed by atoms with Gasteiger partial charge in [0.25, 0.3) is 0 Å². The van der Waals surface area contributed by atoms with Crippen molar-refractivity contribution in [3.8, 4) is 33.2 Å². The molecular weight excluding hydrogens is 729 g/mol. The molecule has 2 aliphatic rings. The van der Waals surface area contributed by atoms with Gasteiger partial charge in [-0.1, -0.05) is 36.4 Å². The standard InChI is InChI=1S/C42H50N8O5S/c1-28-40(56-26-46-28)30-11-12-31(25-54-42(44)51)37(21-30)50(32-13-14-32)18-5-6-20-53-33-15-9-29(10-16-33)24-49-19-17-45-23-38(49)35-22-36(47-48-41(35)43)34-7-3-4-8-39(34)55-27-52-2/h3-4,7-12,15-16,21-22,26,32,38,45H,5-6,13-14,17-20,23-25,27H2,1-2H3,(H2,43,48)(H2,44,51). The van der Waals surface area contributed by atoms with E-state index in [0.717, 1.165) is 103 Å². The SMILES string of the molecule is COCOc1ccccc1-c1cc(C2CNCCN2Cc2ccc(OCCCCN(c3cc(-c4scnc4C)ccc3COC(N)=O)C3CC3)cc2)c(N)nn1. The number of rotatable bonds is 18. The number of nitrogens with two attached hydrogens (primary N) is 2. The minimum atomic E-state index is -0.774. The number of hydrogen-bond donors (Lipinski definition) is 3. The van der Waals surface area contributed by atoms with E-state index in [4.69, 9.17) is 30.4 Å². The van der Waals surface area contributed by atoms with Gasteiger partial charge in [-0.15, -0.1) is 21.5 Å². The first kappa shape index (κ1) is 39.0. The van der Waals surface area contributed by atoms with Crippen LogP contribution in [0.1, 0.15) is 54.1 Å². The fourth-order valence-electron chi connectivity index (χ4n) is 7.19. The topological polar surface area (TPSA) is 163 Å². The molecule has 13 nitrogen and oxygen atoms in total. The molecule has 1 saturated carbocycles. The third-order valence-electron chi connectivity index (χ3n) is 10.2. The number of methoxy groups -OCH3 is 1. The lowest BCUT2D eigenvalue weighted by atomic mass is 10.0. The number of unbranched alkanes of at least 4 members (excludes halogenated alkanes) is 1. The number of para-hydroxylation sites is 1. The number of aromatic nitrogens is 3. The maximum absolute atomic E-state index is 11.5. The van der Waals surface area contributed by atoms with Crippen LogP contribution in [0.3, 0.4) is 0 Å². The molecular formula is C42H50N8O5S. The van der Waals surface area contributed by atoms with Crippen molar-refractivity contribution in [1.29, 1.82) is 0 Å². The number of aryl methyl sites for hydroxylation is 1. The first-order valence-electron chi connectivity index (χ1n) is 19.1. The third-order valence-corrected chi connectivity index (χ3v) is 11.2. The molecule has 0 radical (unpaired) electrons. The Bertz CT molecular complexity index is 2070. The molecule has 14 heteroatoms. The highest BCUT2D eigenvalue weighted by molar-refractivity contribution is 7.13. The number of anilines is 2. The highest BCUT2D eigenvalue weighted by atomic mass is 32.1. The Morgan fingerprint density at radius 2 is 1.88 bits per heavy atom. The van der Waals surface area contributed by atoms with Gasteiger partial charge in [0, 0.05) is 68.3 Å². The lowest BCUT2D eigenvalue weighted by molar-refractivity contribution is 0.0515. The van der Waals surface area contributed by atoms with E-state index in [2.05, 4.69) is 66.7 Å². The maximum atomic E-state index is 11.5. The number of nitrogen functional groups attached to an aromatic ring is 1. The summed E-state index contributed by atoms with van der Waals surface area (Å²) in [7, 11) is 1.59. The fourth-order valence-corrected chi connectivity index (χ4v) is 7.99. The third kappa shape index (κ3) is 9.74. The summed E-state index contributed by atoms with van der Waals surface area (Å²) in [5.41, 5.74) is 21.5. The Hall–Kier alpha value is -5.28. The molecule has 3 heterocycles. The Balaban J connectivity index is 0.952. The molecule has 3 aromatic carbocycles. The lowest BCUT2D eigenvalue weighted by Gasteiger charge is -2.36. The van der Waals surface area contributed by atoms with Crippen LogP contribution in [-0.2, 0) is 22.6 Å². The van der Waals surface area contributed by atoms with Crippen molar-refractivity contribution in [3.63, 3.8) is 0 Å². The van der Waals surface area contributed by atoms with Crippen molar-refractivity contribution in [2.24, 2.45) is 5.73 Å². The molecule has 0 spiro atoms. The predicted molar refractivity (Wildman–Crippen MR) is 219 cm³/mol. The van der Waals surface area contributed by atoms with E-state index in [1.54, 1.807) is 18.4 Å². The average molecular weight is 779 g/mol. The molecule has 5 aromatic rings. The maximum Gasteiger partial charge on any atom is 0.404 e. The lowest BCUT2D eigenvalue weighted by Crippen LogP contribution is -2.45. The monoisotopic (exact) mass is 778 g/mol. The van der Waals surface area contributed by atoms with Crippen molar-refractivity contribution >= 4 is 28.9 Å². The van der Waals surface area contributed by atoms with Gasteiger partial charge in [-0.2, -0.15) is 0 Å². The zero-order valence-corrected chi connectivity index (χ0v) is 32.8. The minimum Gasteiger partial charge on any atom is -0.494 e. The largest absolute Gasteiger partial charge is 0.494 e. The molecule has 1 aliphatic heterocycles. The van der Waals surface area contributed by atoms with Crippen molar-refractivity contribution in [2.45, 2.75) is 57.8 Å². The average Bonchev–Trinajstić information content (AvgIpc) is 3.97. The van der Waals surface area contributed by atoms with Crippen molar-refractivity contribution in [2.75, 3.05) is 57.3 Å². The smallest absolute Gasteiger partial charge is 0.404 e. The molecule has 5 N–H and O–H groups in total. The van der Waals surface area contributed by atoms with E-state index in [1.165, 1.54) is 5.56 Å². The van der Waals surface area contributed by atoms with Crippen LogP contribution in [0.4, 0.5) is 16.3 Å². The van der Waals surface area contributed by atoms with Crippen LogP contribution in [0.5, 0.6) is 11.5 Å². The fraction of sp³-hybridized carbons (Fsp3) is 0.381. The Labute approximate surface area is 331 Å². The molecule has 1 saturated heterocycles. The summed E-state index contributed by atoms with van der Waals surface area (Å²) >= 11 is 1.63. The second-order valence-electron chi connectivity index (χ2n) is 14.1. The van der Waals surface area contributed by atoms with Crippen LogP contribution in [0, 0.1) is 6.92 Å². The molecule has 1 unspecified atom stereocenters. The summed E-state index contributed by atoms with van der Waals surface area (Å²) in [4.78, 5) is 22.0. The molecule has 56 heavy (non-hydrogen) atoms. The number of hydrogen-bond acceptors (Lipinski definition) is 13. The van der Waals surface area contributed by atoms with Crippen molar-refractivity contribution in [3.05, 3.63) is 101 Å². The van der Waals surface area contributed by atoms with Crippen LogP contribution in [0.2, 0.25) is 0 Å². The molecule has 1 aliphatic carbocycles. The highest BCUT2D eigenvalue weighted by Gasteiger charge is 2.31. The number of benzene rings is 3. The number of nitrogens with one attached hydrogen (secondary N) is 1. The summed E-state index contributed by atoms with van der Waals surface area (Å²) in [6.07, 6.45) is 3.37. The number of carbonyl (C=O) groups is 1. The van der Waals surface area contributed by atoms with Crippen molar-refractivity contribution in [1.82, 2.24) is 25.4 Å². The predicted octanol–water partition coefficient (Wildman–Crippen LogP) is 6.71. The minimum absolute atomic E-state index is 0.0160. The van der Waals surface area contributed by atoms with Crippen LogP contribution < -0.4 is 31.2 Å². The molecule has 0 bridgehead atoms. The molecule has 7 rings (SSSR count). The van der Waals surface area contributed by atoms with Gasteiger partial charge in [-0.25, -0.2) is 9.78 Å². The number of ether oxygens (including phenoxy) is 4. The zero-order valence-electron chi connectivity index (χ0n) is 32.0. The quantitative estimate of drug-likeness (QED) is 0.0638. The normalized spacial score (nSPS) is 15.7. The molecule has 1 amide bonds. The summed E-state index contributed by atoms with van der Waals surface area (Å²) in [6.45, 7) is 7.04. The van der Waals surface area contributed by atoms with Gasteiger partial charge < -0.3 is 40.6 Å². The number of amides is 1. The second-order valence-corrected chi connectivity index (χ2v) is 15.0. The van der Waals surface area contributed by atoms with Gasteiger partial charge in [0.1, 0.15) is 18.1 Å². The van der Waals surface area contributed by atoms with Gasteiger partial charge in [-0.3, -0.25) is 4.90 Å². The second kappa shape index (κ2) is 18.6. The van der Waals surface area contributed by atoms with Gasteiger partial charge in [0.2, 0.25) is 0 Å².